The summed E-state index contributed by atoms with van der Waals surface area (Å²) in [6.45, 7) is 3.74. The van der Waals surface area contributed by atoms with Gasteiger partial charge in [-0.2, -0.15) is 14.3 Å². The molecule has 1 unspecified atom stereocenters. The third-order valence-corrected chi connectivity index (χ3v) is 6.49. The molecule has 8 nitrogen and oxygen atoms in total. The van der Waals surface area contributed by atoms with Gasteiger partial charge < -0.3 is 14.8 Å². The van der Waals surface area contributed by atoms with Gasteiger partial charge in [-0.1, -0.05) is 30.3 Å². The van der Waals surface area contributed by atoms with E-state index in [4.69, 9.17) is 9.47 Å². The van der Waals surface area contributed by atoms with E-state index >= 15 is 0 Å². The molecule has 5 rings (SSSR count). The number of hydrogen-bond acceptors (Lipinski definition) is 5. The molecule has 2 aliphatic heterocycles. The Balaban J connectivity index is 1.48. The zero-order valence-corrected chi connectivity index (χ0v) is 20.3. The fourth-order valence-electron chi connectivity index (χ4n) is 4.42. The first-order chi connectivity index (χ1) is 17.4. The molecule has 3 aromatic carbocycles. The van der Waals surface area contributed by atoms with Gasteiger partial charge in [-0.3, -0.25) is 4.79 Å². The number of imide groups is 1. The molecule has 0 bridgehead atoms. The van der Waals surface area contributed by atoms with Gasteiger partial charge in [-0.05, 0) is 66.9 Å². The monoisotopic (exact) mass is 484 g/mol. The maximum absolute atomic E-state index is 13.7. The van der Waals surface area contributed by atoms with E-state index < -0.39 is 18.0 Å². The maximum Gasteiger partial charge on any atom is 0.501 e. The average molecular weight is 485 g/mol. The summed E-state index contributed by atoms with van der Waals surface area (Å²) in [7, 11) is 1.57. The number of urea groups is 1. The number of nitrogens with zero attached hydrogens (tertiary/aromatic N) is 2. The van der Waals surface area contributed by atoms with Crippen molar-refractivity contribution in [1.29, 1.82) is 0 Å². The van der Waals surface area contributed by atoms with Crippen LogP contribution in [0, 0.1) is 13.8 Å². The minimum absolute atomic E-state index is 0.0421. The average Bonchev–Trinajstić information content (AvgIpc) is 3.27. The number of hydrogen-bond donors (Lipinski definition) is 1. The minimum Gasteiger partial charge on any atom is -0.497 e. The van der Waals surface area contributed by atoms with Crippen LogP contribution in [0.4, 0.5) is 10.5 Å². The molecule has 2 aliphatic rings. The van der Waals surface area contributed by atoms with Crippen LogP contribution in [0.3, 0.4) is 0 Å². The topological polar surface area (TPSA) is 87.9 Å². The van der Waals surface area contributed by atoms with E-state index in [9.17, 15) is 14.4 Å². The molecule has 0 spiro atoms. The summed E-state index contributed by atoms with van der Waals surface area (Å²) in [6.07, 6.45) is -1.01. The van der Waals surface area contributed by atoms with Crippen LogP contribution in [0.25, 0.3) is 0 Å². The number of methoxy groups -OCH3 is 1. The Morgan fingerprint density at radius 3 is 2.50 bits per heavy atom. The quantitative estimate of drug-likeness (QED) is 0.540. The number of nitrogens with one attached hydrogen (secondary N) is 1. The Morgan fingerprint density at radius 1 is 1.03 bits per heavy atom. The van der Waals surface area contributed by atoms with E-state index in [1.165, 1.54) is 4.58 Å². The van der Waals surface area contributed by atoms with Gasteiger partial charge in [0, 0.05) is 5.69 Å². The van der Waals surface area contributed by atoms with Crippen molar-refractivity contribution in [2.75, 3.05) is 19.0 Å². The number of carbonyl (C=O) groups excluding carboxylic acids is 3. The number of amides is 4. The van der Waals surface area contributed by atoms with Crippen LogP contribution < -0.4 is 14.8 Å². The summed E-state index contributed by atoms with van der Waals surface area (Å²) in [6, 6.07) is 19.3. The summed E-state index contributed by atoms with van der Waals surface area (Å²) >= 11 is 0. The van der Waals surface area contributed by atoms with Gasteiger partial charge in [0.1, 0.15) is 18.0 Å². The van der Waals surface area contributed by atoms with E-state index in [0.717, 1.165) is 21.6 Å². The molecule has 182 valence electrons. The van der Waals surface area contributed by atoms with E-state index in [-0.39, 0.29) is 19.0 Å². The van der Waals surface area contributed by atoms with E-state index in [1.807, 2.05) is 38.1 Å². The summed E-state index contributed by atoms with van der Waals surface area (Å²) in [5.74, 6) is 0.336. The second kappa shape index (κ2) is 9.30. The second-order valence-electron chi connectivity index (χ2n) is 8.87. The third-order valence-electron chi connectivity index (χ3n) is 6.49. The van der Waals surface area contributed by atoms with Gasteiger partial charge in [-0.25, -0.2) is 4.79 Å². The van der Waals surface area contributed by atoms with E-state index in [2.05, 4.69) is 5.32 Å². The standard InChI is InChI=1S/C28H25N3O5/c1-17-8-11-20(14-18(17)2)29-24(32)16-30-25-22-6-4-5-7-23(22)36-26(25)27(33)31(28(30)34)15-19-9-12-21(35-3)13-10-19/h4-14,26H,15-16H2,1-3H3/p+1. The smallest absolute Gasteiger partial charge is 0.497 e. The first-order valence-electron chi connectivity index (χ1n) is 11.6. The Bertz CT molecular complexity index is 1410. The van der Waals surface area contributed by atoms with Crippen LogP contribution in [0.15, 0.2) is 66.7 Å². The molecule has 2 heterocycles. The highest BCUT2D eigenvalue weighted by Crippen LogP contribution is 2.32. The van der Waals surface area contributed by atoms with Crippen LogP contribution in [0.5, 0.6) is 11.5 Å². The third kappa shape index (κ3) is 4.22. The zero-order chi connectivity index (χ0) is 25.4. The van der Waals surface area contributed by atoms with Crippen molar-refractivity contribution in [1.82, 2.24) is 4.90 Å². The molecule has 1 atom stereocenters. The molecule has 1 N–H and O–H groups in total. The molecule has 0 saturated carbocycles. The number of ether oxygens (including phenoxy) is 2. The van der Waals surface area contributed by atoms with Crippen molar-refractivity contribution < 1.29 is 28.4 Å². The Labute approximate surface area is 208 Å². The van der Waals surface area contributed by atoms with Gasteiger partial charge in [0.15, 0.2) is 12.3 Å². The largest absolute Gasteiger partial charge is 0.501 e. The lowest BCUT2D eigenvalue weighted by molar-refractivity contribution is -0.428. The molecule has 0 fully saturated rings. The molecule has 4 amide bonds. The number of para-hydroxylation sites is 1. The van der Waals surface area contributed by atoms with Crippen LogP contribution in [-0.4, -0.2) is 52.8 Å². The van der Waals surface area contributed by atoms with Crippen molar-refractivity contribution in [2.45, 2.75) is 26.5 Å². The zero-order valence-electron chi connectivity index (χ0n) is 20.3. The minimum atomic E-state index is -1.01. The van der Waals surface area contributed by atoms with Gasteiger partial charge >= 0.3 is 11.9 Å². The lowest BCUT2D eigenvalue weighted by Crippen LogP contribution is -2.58. The van der Waals surface area contributed by atoms with Crippen LogP contribution in [0.1, 0.15) is 22.3 Å². The van der Waals surface area contributed by atoms with Crippen molar-refractivity contribution in [3.63, 3.8) is 0 Å². The van der Waals surface area contributed by atoms with Gasteiger partial charge in [0.25, 0.3) is 12.0 Å². The first-order valence-corrected chi connectivity index (χ1v) is 11.6. The van der Waals surface area contributed by atoms with Gasteiger partial charge in [0.2, 0.25) is 0 Å². The maximum atomic E-state index is 13.7. The Kier molecular flexibility index (Phi) is 6.01. The summed E-state index contributed by atoms with van der Waals surface area (Å²) in [4.78, 5) is 41.3. The fourth-order valence-corrected chi connectivity index (χ4v) is 4.42. The van der Waals surface area contributed by atoms with Crippen LogP contribution in [-0.2, 0) is 16.1 Å². The molecule has 0 saturated heterocycles. The fraction of sp³-hybridized carbons (Fsp3) is 0.214. The molecule has 0 aliphatic carbocycles. The number of aryl methyl sites for hydroxylation is 2. The van der Waals surface area contributed by atoms with Crippen molar-refractivity contribution >= 4 is 29.2 Å². The lowest BCUT2D eigenvalue weighted by atomic mass is 10.0. The predicted molar refractivity (Wildman–Crippen MR) is 134 cm³/mol. The van der Waals surface area contributed by atoms with Crippen molar-refractivity contribution in [3.8, 4) is 11.5 Å². The Hall–Kier alpha value is -4.46. The summed E-state index contributed by atoms with van der Waals surface area (Å²) in [5.41, 5.74) is 4.57. The Morgan fingerprint density at radius 2 is 1.78 bits per heavy atom. The SMILES string of the molecule is COc1ccc(CN2C(=O)C3Oc4ccccc4C3=[N+](CC(=O)Nc3ccc(C)c(C)c3)C2=O)cc1. The molecule has 36 heavy (non-hydrogen) atoms. The van der Waals surface area contributed by atoms with E-state index in [0.29, 0.717) is 28.5 Å². The number of benzene rings is 3. The number of anilines is 1. The normalized spacial score (nSPS) is 16.4. The van der Waals surface area contributed by atoms with Crippen LogP contribution in [0.2, 0.25) is 0 Å². The second-order valence-corrected chi connectivity index (χ2v) is 8.87. The molecule has 0 aromatic heterocycles. The molecular weight excluding hydrogens is 458 g/mol. The highest BCUT2D eigenvalue weighted by atomic mass is 16.5. The lowest BCUT2D eigenvalue weighted by Gasteiger charge is -2.24. The van der Waals surface area contributed by atoms with Gasteiger partial charge in [0.05, 0.1) is 12.7 Å². The van der Waals surface area contributed by atoms with Crippen LogP contribution >= 0.6 is 0 Å². The number of rotatable bonds is 6. The molecule has 3 aromatic rings. The van der Waals surface area contributed by atoms with E-state index in [1.54, 1.807) is 49.6 Å². The van der Waals surface area contributed by atoms with Crippen molar-refractivity contribution in [2.24, 2.45) is 0 Å². The first kappa shape index (κ1) is 23.3. The number of fused-ring (bicyclic) bond motifs is 3. The molecule has 8 heteroatoms. The summed E-state index contributed by atoms with van der Waals surface area (Å²) < 4.78 is 12.5. The molecular formula is C28H26N3O5+. The molecule has 0 radical (unpaired) electrons. The summed E-state index contributed by atoms with van der Waals surface area (Å²) in [5, 5.41) is 2.87. The van der Waals surface area contributed by atoms with Gasteiger partial charge in [-0.15, -0.1) is 0 Å². The number of carbonyl (C=O) groups is 3. The highest BCUT2D eigenvalue weighted by Gasteiger charge is 2.53. The highest BCUT2D eigenvalue weighted by molar-refractivity contribution is 6.22. The van der Waals surface area contributed by atoms with Crippen molar-refractivity contribution in [3.05, 3.63) is 89.0 Å². The predicted octanol–water partition coefficient (Wildman–Crippen LogP) is 3.68.